The molecule has 86 valence electrons. The van der Waals surface area contributed by atoms with E-state index in [0.717, 1.165) is 36.4 Å². The average molecular weight is 276 g/mol. The van der Waals surface area contributed by atoms with Crippen molar-refractivity contribution in [1.29, 1.82) is 0 Å². The van der Waals surface area contributed by atoms with Crippen molar-refractivity contribution < 1.29 is 9.15 Å². The lowest BCUT2D eigenvalue weighted by Crippen LogP contribution is -2.19. The molecule has 0 aliphatic heterocycles. The summed E-state index contributed by atoms with van der Waals surface area (Å²) in [6.45, 7) is 3.92. The molecule has 4 heteroatoms. The van der Waals surface area contributed by atoms with Crippen molar-refractivity contribution in [2.75, 3.05) is 20.3 Å². The zero-order valence-corrected chi connectivity index (χ0v) is 10.8. The Labute approximate surface area is 99.3 Å². The normalized spacial score (nSPS) is 13.0. The first-order valence-electron chi connectivity index (χ1n) is 5.21. The third kappa shape index (κ3) is 4.82. The van der Waals surface area contributed by atoms with Crippen LogP contribution in [0.5, 0.6) is 0 Å². The molecule has 15 heavy (non-hydrogen) atoms. The molecule has 0 aliphatic carbocycles. The number of methoxy groups -OCH3 is 1. The van der Waals surface area contributed by atoms with E-state index in [2.05, 4.69) is 28.2 Å². The van der Waals surface area contributed by atoms with Gasteiger partial charge in [0.2, 0.25) is 0 Å². The molecule has 1 heterocycles. The van der Waals surface area contributed by atoms with Crippen LogP contribution in [0.2, 0.25) is 0 Å². The number of unbranched alkanes of at least 4 members (excludes halogenated alkanes) is 1. The number of hydrogen-bond acceptors (Lipinski definition) is 3. The van der Waals surface area contributed by atoms with Crippen LogP contribution in [0.25, 0.3) is 0 Å². The van der Waals surface area contributed by atoms with E-state index in [4.69, 9.17) is 9.15 Å². The van der Waals surface area contributed by atoms with Gasteiger partial charge in [-0.2, -0.15) is 0 Å². The van der Waals surface area contributed by atoms with Crippen LogP contribution in [0.4, 0.5) is 0 Å². The number of furan rings is 1. The van der Waals surface area contributed by atoms with Gasteiger partial charge in [0.25, 0.3) is 0 Å². The minimum absolute atomic E-state index is 0.263. The first-order valence-corrected chi connectivity index (χ1v) is 6.01. The fraction of sp³-hybridized carbons (Fsp3) is 0.636. The Kier molecular flexibility index (Phi) is 5.98. The van der Waals surface area contributed by atoms with Gasteiger partial charge in [0.15, 0.2) is 4.67 Å². The Morgan fingerprint density at radius 3 is 2.87 bits per heavy atom. The average Bonchev–Trinajstić information content (AvgIpc) is 2.64. The summed E-state index contributed by atoms with van der Waals surface area (Å²) in [6.07, 6.45) is 2.22. The van der Waals surface area contributed by atoms with Gasteiger partial charge in [0.05, 0.1) is 6.04 Å². The summed E-state index contributed by atoms with van der Waals surface area (Å²) in [5, 5.41) is 3.40. The smallest absolute Gasteiger partial charge is 0.169 e. The predicted octanol–water partition coefficient (Wildman–Crippen LogP) is 3.12. The van der Waals surface area contributed by atoms with E-state index in [9.17, 15) is 0 Å². The van der Waals surface area contributed by atoms with Gasteiger partial charge in [-0.05, 0) is 54.4 Å². The number of hydrogen-bond donors (Lipinski definition) is 1. The topological polar surface area (TPSA) is 34.4 Å². The van der Waals surface area contributed by atoms with Crippen LogP contribution >= 0.6 is 15.9 Å². The Hall–Kier alpha value is -0.320. The summed E-state index contributed by atoms with van der Waals surface area (Å²) in [6, 6.07) is 4.16. The first-order chi connectivity index (χ1) is 7.24. The van der Waals surface area contributed by atoms with Crippen molar-refractivity contribution in [3.63, 3.8) is 0 Å². The molecule has 0 radical (unpaired) electrons. The Morgan fingerprint density at radius 2 is 2.27 bits per heavy atom. The van der Waals surface area contributed by atoms with Crippen LogP contribution in [0.15, 0.2) is 21.2 Å². The van der Waals surface area contributed by atoms with Crippen molar-refractivity contribution in [2.24, 2.45) is 0 Å². The zero-order valence-electron chi connectivity index (χ0n) is 9.25. The summed E-state index contributed by atoms with van der Waals surface area (Å²) in [5.41, 5.74) is 0. The zero-order chi connectivity index (χ0) is 11.1. The molecule has 0 spiro atoms. The molecule has 1 atom stereocenters. The molecule has 1 N–H and O–H groups in total. The fourth-order valence-electron chi connectivity index (χ4n) is 1.35. The van der Waals surface area contributed by atoms with Gasteiger partial charge in [-0.1, -0.05) is 0 Å². The van der Waals surface area contributed by atoms with Crippen molar-refractivity contribution in [3.8, 4) is 0 Å². The second-order valence-electron chi connectivity index (χ2n) is 3.52. The minimum Gasteiger partial charge on any atom is -0.453 e. The molecule has 1 aromatic rings. The number of ether oxygens (including phenoxy) is 1. The van der Waals surface area contributed by atoms with Crippen molar-refractivity contribution in [1.82, 2.24) is 5.32 Å². The molecule has 1 unspecified atom stereocenters. The van der Waals surface area contributed by atoms with E-state index < -0.39 is 0 Å². The highest BCUT2D eigenvalue weighted by atomic mass is 79.9. The lowest BCUT2D eigenvalue weighted by atomic mass is 10.2. The maximum Gasteiger partial charge on any atom is 0.169 e. The number of rotatable bonds is 7. The van der Waals surface area contributed by atoms with Crippen molar-refractivity contribution in [3.05, 3.63) is 22.6 Å². The monoisotopic (exact) mass is 275 g/mol. The van der Waals surface area contributed by atoms with Crippen LogP contribution in [-0.2, 0) is 4.74 Å². The second kappa shape index (κ2) is 7.04. The first kappa shape index (κ1) is 12.7. The lowest BCUT2D eigenvalue weighted by Gasteiger charge is -2.10. The largest absolute Gasteiger partial charge is 0.453 e. The van der Waals surface area contributed by atoms with E-state index in [0.29, 0.717) is 0 Å². The third-order valence-electron chi connectivity index (χ3n) is 2.25. The molecule has 1 rings (SSSR count). The van der Waals surface area contributed by atoms with Gasteiger partial charge in [0.1, 0.15) is 5.76 Å². The molecule has 0 amide bonds. The highest BCUT2D eigenvalue weighted by molar-refractivity contribution is 9.10. The molecule has 0 fully saturated rings. The third-order valence-corrected chi connectivity index (χ3v) is 2.67. The summed E-state index contributed by atoms with van der Waals surface area (Å²) < 4.78 is 11.2. The molecule has 0 saturated heterocycles. The van der Waals surface area contributed by atoms with Gasteiger partial charge < -0.3 is 14.5 Å². The standard InChI is InChI=1S/C11H18BrNO2/c1-9(10-5-6-11(12)15-10)13-7-3-4-8-14-2/h5-6,9,13H,3-4,7-8H2,1-2H3. The summed E-state index contributed by atoms with van der Waals surface area (Å²) in [5.74, 6) is 0.966. The van der Waals surface area contributed by atoms with Gasteiger partial charge >= 0.3 is 0 Å². The van der Waals surface area contributed by atoms with Crippen LogP contribution in [0, 0.1) is 0 Å². The van der Waals surface area contributed by atoms with E-state index >= 15 is 0 Å². The Bertz CT molecular complexity index is 275. The van der Waals surface area contributed by atoms with Crippen LogP contribution in [0.1, 0.15) is 31.6 Å². The summed E-state index contributed by atoms with van der Waals surface area (Å²) in [4.78, 5) is 0. The SMILES string of the molecule is COCCCCNC(C)c1ccc(Br)o1. The maximum atomic E-state index is 5.45. The van der Waals surface area contributed by atoms with Crippen LogP contribution in [-0.4, -0.2) is 20.3 Å². The fourth-order valence-corrected chi connectivity index (χ4v) is 1.67. The van der Waals surface area contributed by atoms with Crippen LogP contribution in [0.3, 0.4) is 0 Å². The number of halogens is 1. The lowest BCUT2D eigenvalue weighted by molar-refractivity contribution is 0.192. The minimum atomic E-state index is 0.263. The van der Waals surface area contributed by atoms with E-state index in [1.807, 2.05) is 12.1 Å². The molecule has 3 nitrogen and oxygen atoms in total. The Balaban J connectivity index is 2.16. The molecule has 0 bridgehead atoms. The second-order valence-corrected chi connectivity index (χ2v) is 4.30. The molecule has 0 aromatic carbocycles. The van der Waals surface area contributed by atoms with Crippen LogP contribution < -0.4 is 5.32 Å². The molecule has 0 aliphatic rings. The van der Waals surface area contributed by atoms with Gasteiger partial charge in [0, 0.05) is 13.7 Å². The Morgan fingerprint density at radius 1 is 1.47 bits per heavy atom. The summed E-state index contributed by atoms with van der Waals surface area (Å²) >= 11 is 3.29. The quantitative estimate of drug-likeness (QED) is 0.777. The van der Waals surface area contributed by atoms with Gasteiger partial charge in [-0.3, -0.25) is 0 Å². The highest BCUT2D eigenvalue weighted by Gasteiger charge is 2.08. The van der Waals surface area contributed by atoms with Crippen molar-refractivity contribution in [2.45, 2.75) is 25.8 Å². The predicted molar refractivity (Wildman–Crippen MR) is 63.9 cm³/mol. The van der Waals surface area contributed by atoms with E-state index in [1.165, 1.54) is 0 Å². The molecular formula is C11H18BrNO2. The molecule has 1 aromatic heterocycles. The highest BCUT2D eigenvalue weighted by Crippen LogP contribution is 2.19. The number of nitrogens with one attached hydrogen (secondary N) is 1. The van der Waals surface area contributed by atoms with E-state index in [-0.39, 0.29) is 6.04 Å². The van der Waals surface area contributed by atoms with Gasteiger partial charge in [-0.25, -0.2) is 0 Å². The van der Waals surface area contributed by atoms with E-state index in [1.54, 1.807) is 7.11 Å². The van der Waals surface area contributed by atoms with Gasteiger partial charge in [-0.15, -0.1) is 0 Å². The molecule has 0 saturated carbocycles. The molecular weight excluding hydrogens is 258 g/mol. The summed E-state index contributed by atoms with van der Waals surface area (Å²) in [7, 11) is 1.73. The maximum absolute atomic E-state index is 5.45. The van der Waals surface area contributed by atoms with Crippen molar-refractivity contribution >= 4 is 15.9 Å².